The van der Waals surface area contributed by atoms with Crippen molar-refractivity contribution in [3.8, 4) is 0 Å². The van der Waals surface area contributed by atoms with Gasteiger partial charge in [0.1, 0.15) is 0 Å². The molecule has 0 saturated carbocycles. The number of hydrogen-bond acceptors (Lipinski definition) is 5. The molecule has 7 nitrogen and oxygen atoms in total. The van der Waals surface area contributed by atoms with Crippen LogP contribution in [0.25, 0.3) is 0 Å². The van der Waals surface area contributed by atoms with Gasteiger partial charge in [0.25, 0.3) is 0 Å². The van der Waals surface area contributed by atoms with Crippen molar-refractivity contribution in [1.82, 2.24) is 20.1 Å². The smallest absolute Gasteiger partial charge is 0.317 e. The van der Waals surface area contributed by atoms with E-state index in [0.29, 0.717) is 32.7 Å². The Morgan fingerprint density at radius 3 is 2.65 bits per heavy atom. The number of aryl methyl sites for hydroxylation is 1. The fourth-order valence-corrected chi connectivity index (χ4v) is 2.80. The van der Waals surface area contributed by atoms with Crippen LogP contribution in [0.3, 0.4) is 0 Å². The molecule has 1 aromatic heterocycles. The highest BCUT2D eigenvalue weighted by molar-refractivity contribution is 7.11. The molecule has 0 radical (unpaired) electrons. The van der Waals surface area contributed by atoms with Gasteiger partial charge in [-0.25, -0.2) is 9.78 Å². The Balaban J connectivity index is 1.73. The summed E-state index contributed by atoms with van der Waals surface area (Å²) in [4.78, 5) is 31.3. The van der Waals surface area contributed by atoms with E-state index in [1.807, 2.05) is 11.8 Å². The van der Waals surface area contributed by atoms with Crippen molar-refractivity contribution in [2.45, 2.75) is 13.5 Å². The Bertz CT molecular complexity index is 483. The quantitative estimate of drug-likeness (QED) is 0.838. The van der Waals surface area contributed by atoms with E-state index in [0.717, 1.165) is 9.88 Å². The first-order valence-corrected chi connectivity index (χ1v) is 7.24. The van der Waals surface area contributed by atoms with Gasteiger partial charge in [-0.05, 0) is 6.92 Å². The van der Waals surface area contributed by atoms with Gasteiger partial charge in [0.15, 0.2) is 0 Å². The van der Waals surface area contributed by atoms with Crippen molar-refractivity contribution in [2.75, 3.05) is 32.7 Å². The van der Waals surface area contributed by atoms with Crippen molar-refractivity contribution in [1.29, 1.82) is 0 Å². The first-order chi connectivity index (χ1) is 9.54. The van der Waals surface area contributed by atoms with Gasteiger partial charge in [-0.15, -0.1) is 11.3 Å². The highest BCUT2D eigenvalue weighted by atomic mass is 32.1. The number of hydrogen-bond donors (Lipinski definition) is 2. The van der Waals surface area contributed by atoms with E-state index < -0.39 is 5.97 Å². The van der Waals surface area contributed by atoms with Crippen LogP contribution in [-0.4, -0.2) is 64.6 Å². The van der Waals surface area contributed by atoms with Crippen molar-refractivity contribution in [3.05, 3.63) is 16.1 Å². The number of thiazole rings is 1. The fourth-order valence-electron chi connectivity index (χ4n) is 2.06. The molecule has 2 heterocycles. The average molecular weight is 298 g/mol. The number of aliphatic carboxylic acids is 1. The molecule has 0 bridgehead atoms. The number of piperazine rings is 1. The van der Waals surface area contributed by atoms with Gasteiger partial charge in [0.2, 0.25) is 0 Å². The van der Waals surface area contributed by atoms with Crippen LogP contribution in [-0.2, 0) is 11.3 Å². The van der Waals surface area contributed by atoms with Crippen molar-refractivity contribution < 1.29 is 14.7 Å². The number of carbonyl (C=O) groups is 2. The third-order valence-electron chi connectivity index (χ3n) is 3.10. The highest BCUT2D eigenvalue weighted by Crippen LogP contribution is 2.11. The molecular formula is C12H18N4O3S. The third kappa shape index (κ3) is 4.17. The van der Waals surface area contributed by atoms with E-state index in [2.05, 4.69) is 10.3 Å². The maximum absolute atomic E-state index is 12.0. The van der Waals surface area contributed by atoms with Crippen LogP contribution < -0.4 is 5.32 Å². The van der Waals surface area contributed by atoms with E-state index in [-0.39, 0.29) is 12.6 Å². The maximum Gasteiger partial charge on any atom is 0.317 e. The molecule has 2 amide bonds. The van der Waals surface area contributed by atoms with E-state index in [1.54, 1.807) is 22.4 Å². The summed E-state index contributed by atoms with van der Waals surface area (Å²) in [6, 6.07) is -0.106. The summed E-state index contributed by atoms with van der Waals surface area (Å²) in [5.74, 6) is -0.830. The number of carboxylic acid groups (broad SMARTS) is 1. The molecule has 8 heteroatoms. The lowest BCUT2D eigenvalue weighted by Crippen LogP contribution is -2.52. The molecule has 0 aliphatic carbocycles. The summed E-state index contributed by atoms with van der Waals surface area (Å²) >= 11 is 1.57. The predicted octanol–water partition coefficient (Wildman–Crippen LogP) is 0.363. The largest absolute Gasteiger partial charge is 0.480 e. The monoisotopic (exact) mass is 298 g/mol. The lowest BCUT2D eigenvalue weighted by atomic mass is 10.3. The number of nitrogens with zero attached hydrogens (tertiary/aromatic N) is 3. The minimum absolute atomic E-state index is 0.0373. The van der Waals surface area contributed by atoms with Crippen LogP contribution in [0.1, 0.15) is 9.88 Å². The first-order valence-electron chi connectivity index (χ1n) is 6.43. The number of amides is 2. The molecule has 0 atom stereocenters. The van der Waals surface area contributed by atoms with Crippen LogP contribution >= 0.6 is 11.3 Å². The number of urea groups is 1. The van der Waals surface area contributed by atoms with E-state index >= 15 is 0 Å². The molecular weight excluding hydrogens is 280 g/mol. The van der Waals surface area contributed by atoms with Crippen LogP contribution in [0.2, 0.25) is 0 Å². The van der Waals surface area contributed by atoms with Crippen molar-refractivity contribution in [3.63, 3.8) is 0 Å². The number of aromatic nitrogens is 1. The van der Waals surface area contributed by atoms with Crippen LogP contribution in [0.4, 0.5) is 4.79 Å². The molecule has 0 spiro atoms. The van der Waals surface area contributed by atoms with E-state index in [9.17, 15) is 9.59 Å². The Kier molecular flexibility index (Phi) is 4.91. The third-order valence-corrected chi connectivity index (χ3v) is 4.01. The normalized spacial score (nSPS) is 16.1. The summed E-state index contributed by atoms with van der Waals surface area (Å²) in [5.41, 5.74) is 0. The second kappa shape index (κ2) is 6.67. The van der Waals surface area contributed by atoms with Crippen molar-refractivity contribution in [2.24, 2.45) is 0 Å². The summed E-state index contributed by atoms with van der Waals surface area (Å²) in [5, 5.41) is 12.6. The highest BCUT2D eigenvalue weighted by Gasteiger charge is 2.21. The molecule has 1 aliphatic rings. The van der Waals surface area contributed by atoms with E-state index in [4.69, 9.17) is 5.11 Å². The van der Waals surface area contributed by atoms with Gasteiger partial charge < -0.3 is 15.3 Å². The van der Waals surface area contributed by atoms with Crippen LogP contribution in [0.5, 0.6) is 0 Å². The average Bonchev–Trinajstić information content (AvgIpc) is 2.82. The Hall–Kier alpha value is -1.67. The van der Waals surface area contributed by atoms with E-state index in [1.165, 1.54) is 0 Å². The second-order valence-corrected chi connectivity index (χ2v) is 5.98. The number of rotatable bonds is 4. The zero-order valence-corrected chi connectivity index (χ0v) is 12.2. The maximum atomic E-state index is 12.0. The lowest BCUT2D eigenvalue weighted by Gasteiger charge is -2.33. The second-order valence-electron chi connectivity index (χ2n) is 4.66. The molecule has 1 fully saturated rings. The minimum atomic E-state index is -0.830. The molecule has 1 aromatic rings. The SMILES string of the molecule is Cc1ncc(CNC(=O)N2CCN(CC(=O)O)CC2)s1. The standard InChI is InChI=1S/C12H18N4O3S/c1-9-13-6-10(20-9)7-14-12(19)16-4-2-15(3-5-16)8-11(17)18/h6H,2-5,7-8H2,1H3,(H,14,19)(H,17,18). The number of nitrogens with one attached hydrogen (secondary N) is 1. The lowest BCUT2D eigenvalue weighted by molar-refractivity contribution is -0.138. The molecule has 20 heavy (non-hydrogen) atoms. The molecule has 0 unspecified atom stereocenters. The van der Waals surface area contributed by atoms with Gasteiger partial charge in [-0.1, -0.05) is 0 Å². The minimum Gasteiger partial charge on any atom is -0.480 e. The number of carboxylic acids is 1. The molecule has 110 valence electrons. The molecule has 2 N–H and O–H groups in total. The van der Waals surface area contributed by atoms with Gasteiger partial charge >= 0.3 is 12.0 Å². The fraction of sp³-hybridized carbons (Fsp3) is 0.583. The first kappa shape index (κ1) is 14.7. The Morgan fingerprint density at radius 1 is 1.40 bits per heavy atom. The topological polar surface area (TPSA) is 85.8 Å². The van der Waals surface area contributed by atoms with Crippen molar-refractivity contribution >= 4 is 23.3 Å². The summed E-state index contributed by atoms with van der Waals surface area (Å²) in [6.45, 7) is 4.76. The molecule has 2 rings (SSSR count). The zero-order valence-electron chi connectivity index (χ0n) is 11.3. The molecule has 0 aromatic carbocycles. The van der Waals surface area contributed by atoms with Crippen LogP contribution in [0.15, 0.2) is 6.20 Å². The van der Waals surface area contributed by atoms with Gasteiger partial charge in [0, 0.05) is 37.3 Å². The molecule has 1 saturated heterocycles. The summed E-state index contributed by atoms with van der Waals surface area (Å²) in [7, 11) is 0. The van der Waals surface area contributed by atoms with Gasteiger partial charge in [-0.3, -0.25) is 9.69 Å². The van der Waals surface area contributed by atoms with Gasteiger partial charge in [0.05, 0.1) is 18.1 Å². The Labute approximate surface area is 121 Å². The van der Waals surface area contributed by atoms with Gasteiger partial charge in [-0.2, -0.15) is 0 Å². The molecule has 1 aliphatic heterocycles. The van der Waals surface area contributed by atoms with Crippen LogP contribution in [0, 0.1) is 6.92 Å². The Morgan fingerprint density at radius 2 is 2.10 bits per heavy atom. The zero-order chi connectivity index (χ0) is 14.5. The number of carbonyl (C=O) groups excluding carboxylic acids is 1. The summed E-state index contributed by atoms with van der Waals surface area (Å²) < 4.78 is 0. The predicted molar refractivity (Wildman–Crippen MR) is 74.7 cm³/mol. The summed E-state index contributed by atoms with van der Waals surface area (Å²) in [6.07, 6.45) is 1.77.